The van der Waals surface area contributed by atoms with Gasteiger partial charge in [0.1, 0.15) is 0 Å². The van der Waals surface area contributed by atoms with Gasteiger partial charge < -0.3 is 4.90 Å². The normalized spacial score (nSPS) is 18.6. The molecule has 0 unspecified atom stereocenters. The van der Waals surface area contributed by atoms with Crippen LogP contribution in [-0.4, -0.2) is 53.0 Å². The van der Waals surface area contributed by atoms with Crippen LogP contribution in [0.3, 0.4) is 0 Å². The van der Waals surface area contributed by atoms with Gasteiger partial charge in [0.25, 0.3) is 0 Å². The van der Waals surface area contributed by atoms with Crippen molar-refractivity contribution in [3.05, 3.63) is 16.1 Å². The van der Waals surface area contributed by atoms with Crippen LogP contribution in [0.2, 0.25) is 0 Å². The molecule has 5 heteroatoms. The van der Waals surface area contributed by atoms with E-state index in [2.05, 4.69) is 40.9 Å². The molecule has 0 spiro atoms. The van der Waals surface area contributed by atoms with Gasteiger partial charge in [-0.05, 0) is 33.7 Å². The fourth-order valence-electron chi connectivity index (χ4n) is 2.62. The smallest absolute Gasteiger partial charge is 0.0929 e. The van der Waals surface area contributed by atoms with Crippen LogP contribution in [-0.2, 0) is 12.3 Å². The average molecular weight is 316 g/mol. The van der Waals surface area contributed by atoms with Crippen molar-refractivity contribution in [1.82, 2.24) is 14.8 Å². The standard InChI is InChI=1S/C15H26ClN3S/c1-15(2,3)19-9-7-18(8-10-19)6-4-5-14-17-13(11-16)12-20-14/h12H,4-11H2,1-3H3. The Balaban J connectivity index is 1.66. The molecule has 0 aromatic carbocycles. The fraction of sp³-hybridized carbons (Fsp3) is 0.800. The van der Waals surface area contributed by atoms with E-state index in [1.54, 1.807) is 11.3 Å². The van der Waals surface area contributed by atoms with Gasteiger partial charge in [-0.2, -0.15) is 0 Å². The van der Waals surface area contributed by atoms with Crippen molar-refractivity contribution in [1.29, 1.82) is 0 Å². The Labute approximate surface area is 131 Å². The highest BCUT2D eigenvalue weighted by atomic mass is 35.5. The lowest BCUT2D eigenvalue weighted by atomic mass is 10.0. The largest absolute Gasteiger partial charge is 0.301 e. The second-order valence-electron chi connectivity index (χ2n) is 6.47. The van der Waals surface area contributed by atoms with E-state index in [0.29, 0.717) is 11.4 Å². The first-order valence-corrected chi connectivity index (χ1v) is 8.87. The molecule has 1 aromatic rings. The highest BCUT2D eigenvalue weighted by molar-refractivity contribution is 7.09. The second kappa shape index (κ2) is 7.21. The SMILES string of the molecule is CC(C)(C)N1CCN(CCCc2nc(CCl)cs2)CC1. The van der Waals surface area contributed by atoms with Gasteiger partial charge in [-0.3, -0.25) is 4.90 Å². The molecule has 1 aromatic heterocycles. The first-order chi connectivity index (χ1) is 9.49. The van der Waals surface area contributed by atoms with Gasteiger partial charge in [-0.25, -0.2) is 4.98 Å². The van der Waals surface area contributed by atoms with Gasteiger partial charge in [-0.1, -0.05) is 0 Å². The topological polar surface area (TPSA) is 19.4 Å². The maximum atomic E-state index is 5.78. The van der Waals surface area contributed by atoms with E-state index < -0.39 is 0 Å². The molecule has 0 atom stereocenters. The number of piperazine rings is 1. The number of nitrogens with zero attached hydrogens (tertiary/aromatic N) is 3. The predicted molar refractivity (Wildman–Crippen MR) is 87.8 cm³/mol. The molecular weight excluding hydrogens is 290 g/mol. The molecule has 3 nitrogen and oxygen atoms in total. The zero-order valence-electron chi connectivity index (χ0n) is 12.9. The Morgan fingerprint density at radius 1 is 1.25 bits per heavy atom. The third-order valence-corrected chi connectivity index (χ3v) is 5.15. The summed E-state index contributed by atoms with van der Waals surface area (Å²) in [4.78, 5) is 9.68. The van der Waals surface area contributed by atoms with E-state index in [-0.39, 0.29) is 0 Å². The molecule has 1 fully saturated rings. The molecule has 0 saturated carbocycles. The number of hydrogen-bond acceptors (Lipinski definition) is 4. The molecule has 2 heterocycles. The van der Waals surface area contributed by atoms with Crippen molar-refractivity contribution in [2.75, 3.05) is 32.7 Å². The summed E-state index contributed by atoms with van der Waals surface area (Å²) < 4.78 is 0. The summed E-state index contributed by atoms with van der Waals surface area (Å²) in [5, 5.41) is 3.30. The number of aryl methyl sites for hydroxylation is 1. The maximum Gasteiger partial charge on any atom is 0.0929 e. The van der Waals surface area contributed by atoms with Gasteiger partial charge in [-0.15, -0.1) is 22.9 Å². The quantitative estimate of drug-likeness (QED) is 0.778. The molecule has 0 aliphatic carbocycles. The first-order valence-electron chi connectivity index (χ1n) is 7.45. The minimum absolute atomic E-state index is 0.310. The molecule has 1 aliphatic rings. The molecule has 114 valence electrons. The van der Waals surface area contributed by atoms with Crippen LogP contribution < -0.4 is 0 Å². The Morgan fingerprint density at radius 2 is 1.95 bits per heavy atom. The molecule has 1 aliphatic heterocycles. The third-order valence-electron chi connectivity index (χ3n) is 3.92. The van der Waals surface area contributed by atoms with Crippen LogP contribution in [0.25, 0.3) is 0 Å². The van der Waals surface area contributed by atoms with E-state index >= 15 is 0 Å². The highest BCUT2D eigenvalue weighted by Gasteiger charge is 2.25. The summed E-state index contributed by atoms with van der Waals surface area (Å²) in [5.41, 5.74) is 1.33. The minimum Gasteiger partial charge on any atom is -0.301 e. The Hall–Kier alpha value is -0.160. The van der Waals surface area contributed by atoms with E-state index in [9.17, 15) is 0 Å². The van der Waals surface area contributed by atoms with E-state index in [0.717, 1.165) is 12.1 Å². The Bertz CT molecular complexity index is 405. The number of thiazole rings is 1. The lowest BCUT2D eigenvalue weighted by molar-refractivity contribution is 0.0619. The molecule has 1 saturated heterocycles. The molecule has 20 heavy (non-hydrogen) atoms. The van der Waals surface area contributed by atoms with E-state index in [1.165, 1.54) is 44.2 Å². The third kappa shape index (κ3) is 4.69. The minimum atomic E-state index is 0.310. The first kappa shape index (κ1) is 16.2. The molecular formula is C15H26ClN3S. The van der Waals surface area contributed by atoms with Crippen LogP contribution in [0.15, 0.2) is 5.38 Å². The molecule has 0 amide bonds. The maximum absolute atomic E-state index is 5.78. The lowest BCUT2D eigenvalue weighted by Crippen LogP contribution is -2.53. The van der Waals surface area contributed by atoms with Gasteiger partial charge in [0.05, 0.1) is 16.6 Å². The summed E-state index contributed by atoms with van der Waals surface area (Å²) in [7, 11) is 0. The van der Waals surface area contributed by atoms with Crippen molar-refractivity contribution in [2.45, 2.75) is 45.0 Å². The van der Waals surface area contributed by atoms with E-state index in [1.807, 2.05) is 0 Å². The summed E-state index contributed by atoms with van der Waals surface area (Å²) in [6.45, 7) is 12.9. The molecule has 2 rings (SSSR count). The fourth-order valence-corrected chi connectivity index (χ4v) is 3.69. The zero-order valence-corrected chi connectivity index (χ0v) is 14.4. The zero-order chi connectivity index (χ0) is 14.6. The van der Waals surface area contributed by atoms with E-state index in [4.69, 9.17) is 11.6 Å². The number of halogens is 1. The van der Waals surface area contributed by atoms with Crippen molar-refractivity contribution in [3.63, 3.8) is 0 Å². The van der Waals surface area contributed by atoms with Crippen LogP contribution in [0.1, 0.15) is 37.9 Å². The monoisotopic (exact) mass is 315 g/mol. The van der Waals surface area contributed by atoms with Crippen LogP contribution in [0, 0.1) is 0 Å². The van der Waals surface area contributed by atoms with Gasteiger partial charge in [0.15, 0.2) is 0 Å². The Kier molecular flexibility index (Phi) is 5.84. The van der Waals surface area contributed by atoms with Crippen molar-refractivity contribution in [2.24, 2.45) is 0 Å². The second-order valence-corrected chi connectivity index (χ2v) is 7.68. The number of aromatic nitrogens is 1. The summed E-state index contributed by atoms with van der Waals surface area (Å²) in [6, 6.07) is 0. The van der Waals surface area contributed by atoms with Crippen molar-refractivity contribution < 1.29 is 0 Å². The summed E-state index contributed by atoms with van der Waals surface area (Å²) >= 11 is 7.52. The predicted octanol–water partition coefficient (Wildman–Crippen LogP) is 3.23. The average Bonchev–Trinajstić information content (AvgIpc) is 2.86. The van der Waals surface area contributed by atoms with Crippen LogP contribution in [0.5, 0.6) is 0 Å². The summed E-state index contributed by atoms with van der Waals surface area (Å²) in [5.74, 6) is 0.533. The van der Waals surface area contributed by atoms with Crippen LogP contribution in [0.4, 0.5) is 0 Å². The molecule has 0 radical (unpaired) electrons. The highest BCUT2D eigenvalue weighted by Crippen LogP contribution is 2.17. The van der Waals surface area contributed by atoms with Gasteiger partial charge in [0, 0.05) is 43.5 Å². The van der Waals surface area contributed by atoms with Crippen molar-refractivity contribution >= 4 is 22.9 Å². The van der Waals surface area contributed by atoms with Gasteiger partial charge >= 0.3 is 0 Å². The van der Waals surface area contributed by atoms with Gasteiger partial charge in [0.2, 0.25) is 0 Å². The summed E-state index contributed by atoms with van der Waals surface area (Å²) in [6.07, 6.45) is 2.28. The number of alkyl halides is 1. The number of hydrogen-bond donors (Lipinski definition) is 0. The Morgan fingerprint density at radius 3 is 2.50 bits per heavy atom. The molecule has 0 N–H and O–H groups in total. The number of rotatable bonds is 5. The lowest BCUT2D eigenvalue weighted by Gasteiger charge is -2.42. The van der Waals surface area contributed by atoms with Crippen molar-refractivity contribution in [3.8, 4) is 0 Å². The van der Waals surface area contributed by atoms with Crippen LogP contribution >= 0.6 is 22.9 Å². The molecule has 0 bridgehead atoms.